The number of hydrogen-bond acceptors (Lipinski definition) is 2. The van der Waals surface area contributed by atoms with E-state index in [1.165, 1.54) is 56.4 Å². The lowest BCUT2D eigenvalue weighted by molar-refractivity contribution is 0.132. The minimum Gasteiger partial charge on any atom is -0.313 e. The third-order valence-corrected chi connectivity index (χ3v) is 6.04. The Balaban J connectivity index is 1.38. The van der Waals surface area contributed by atoms with Crippen LogP contribution in [0.2, 0.25) is 0 Å². The maximum Gasteiger partial charge on any atom is 0.0233 e. The third kappa shape index (κ3) is 4.31. The van der Waals surface area contributed by atoms with Crippen molar-refractivity contribution in [3.8, 4) is 0 Å². The van der Waals surface area contributed by atoms with Crippen molar-refractivity contribution in [3.05, 3.63) is 71.8 Å². The first-order valence-corrected chi connectivity index (χ1v) is 9.92. The molecule has 2 aliphatic heterocycles. The van der Waals surface area contributed by atoms with Gasteiger partial charge in [0.05, 0.1) is 0 Å². The summed E-state index contributed by atoms with van der Waals surface area (Å²) in [5.74, 6) is 1.60. The fraction of sp³-hybridized carbons (Fsp3) is 0.478. The van der Waals surface area contributed by atoms with Crippen LogP contribution in [0.3, 0.4) is 0 Å². The molecule has 4 rings (SSSR count). The van der Waals surface area contributed by atoms with Gasteiger partial charge in [0.2, 0.25) is 0 Å². The molecule has 2 heteroatoms. The Hall–Kier alpha value is -1.64. The van der Waals surface area contributed by atoms with Gasteiger partial charge in [0.15, 0.2) is 0 Å². The number of nitrogens with zero attached hydrogens (tertiary/aromatic N) is 1. The van der Waals surface area contributed by atoms with Gasteiger partial charge in [0.25, 0.3) is 0 Å². The van der Waals surface area contributed by atoms with Gasteiger partial charge >= 0.3 is 0 Å². The van der Waals surface area contributed by atoms with Crippen molar-refractivity contribution in [2.24, 2.45) is 11.8 Å². The topological polar surface area (TPSA) is 15.3 Å². The van der Waals surface area contributed by atoms with Crippen molar-refractivity contribution in [1.82, 2.24) is 10.2 Å². The van der Waals surface area contributed by atoms with Gasteiger partial charge in [-0.25, -0.2) is 0 Å². The predicted molar refractivity (Wildman–Crippen MR) is 104 cm³/mol. The first-order chi connectivity index (χ1) is 12.4. The normalized spacial score (nSPS) is 27.4. The molecule has 0 spiro atoms. The lowest BCUT2D eigenvalue weighted by atomic mass is 9.81. The van der Waals surface area contributed by atoms with Gasteiger partial charge in [-0.1, -0.05) is 60.7 Å². The molecule has 0 aromatic heterocycles. The highest BCUT2D eigenvalue weighted by Crippen LogP contribution is 2.31. The third-order valence-electron chi connectivity index (χ3n) is 6.04. The maximum atomic E-state index is 3.85. The van der Waals surface area contributed by atoms with E-state index in [1.54, 1.807) is 0 Å². The molecule has 2 saturated heterocycles. The van der Waals surface area contributed by atoms with Crippen LogP contribution in [-0.4, -0.2) is 30.6 Å². The summed E-state index contributed by atoms with van der Waals surface area (Å²) < 4.78 is 0. The molecule has 0 saturated carbocycles. The molecule has 0 bridgehead atoms. The Labute approximate surface area is 152 Å². The summed E-state index contributed by atoms with van der Waals surface area (Å²) in [5.41, 5.74) is 2.95. The van der Waals surface area contributed by atoms with Crippen LogP contribution in [0, 0.1) is 11.8 Å². The molecule has 2 heterocycles. The molecule has 25 heavy (non-hydrogen) atoms. The van der Waals surface area contributed by atoms with Crippen LogP contribution in [0.5, 0.6) is 0 Å². The Morgan fingerprint density at radius 2 is 1.60 bits per heavy atom. The Kier molecular flexibility index (Phi) is 5.49. The minimum absolute atomic E-state index is 0.693. The highest BCUT2D eigenvalue weighted by molar-refractivity contribution is 5.17. The Bertz CT molecular complexity index is 640. The van der Waals surface area contributed by atoms with Gasteiger partial charge in [-0.15, -0.1) is 0 Å². The molecule has 2 aromatic carbocycles. The smallest absolute Gasteiger partial charge is 0.0233 e. The van der Waals surface area contributed by atoms with Gasteiger partial charge in [-0.3, -0.25) is 4.90 Å². The lowest BCUT2D eigenvalue weighted by Crippen LogP contribution is -2.45. The highest BCUT2D eigenvalue weighted by atomic mass is 15.1. The second-order valence-corrected chi connectivity index (χ2v) is 7.84. The number of benzene rings is 2. The van der Waals surface area contributed by atoms with Gasteiger partial charge < -0.3 is 5.32 Å². The highest BCUT2D eigenvalue weighted by Gasteiger charge is 2.35. The SMILES string of the molecule is c1ccc(CC2CCNC2C2CCCN(Cc3ccccc3)C2)cc1. The van der Waals surface area contributed by atoms with Crippen molar-refractivity contribution in [2.75, 3.05) is 19.6 Å². The quantitative estimate of drug-likeness (QED) is 0.885. The van der Waals surface area contributed by atoms with Crippen molar-refractivity contribution in [3.63, 3.8) is 0 Å². The molecular formula is C23H30N2. The molecule has 1 N–H and O–H groups in total. The number of nitrogens with one attached hydrogen (secondary N) is 1. The Morgan fingerprint density at radius 1 is 0.880 bits per heavy atom. The monoisotopic (exact) mass is 334 g/mol. The van der Waals surface area contributed by atoms with Crippen LogP contribution in [0.25, 0.3) is 0 Å². The van der Waals surface area contributed by atoms with Crippen molar-refractivity contribution >= 4 is 0 Å². The van der Waals surface area contributed by atoms with Crippen LogP contribution in [0.15, 0.2) is 60.7 Å². The van der Waals surface area contributed by atoms with E-state index in [-0.39, 0.29) is 0 Å². The zero-order valence-corrected chi connectivity index (χ0v) is 15.1. The molecule has 2 aliphatic rings. The van der Waals surface area contributed by atoms with Crippen molar-refractivity contribution in [1.29, 1.82) is 0 Å². The minimum atomic E-state index is 0.693. The zero-order chi connectivity index (χ0) is 16.9. The van der Waals surface area contributed by atoms with E-state index in [2.05, 4.69) is 70.9 Å². The second kappa shape index (κ2) is 8.16. The summed E-state index contributed by atoms with van der Waals surface area (Å²) in [5, 5.41) is 3.85. The molecule has 3 unspecified atom stereocenters. The summed E-state index contributed by atoms with van der Waals surface area (Å²) in [4.78, 5) is 2.67. The van der Waals surface area contributed by atoms with E-state index < -0.39 is 0 Å². The zero-order valence-electron chi connectivity index (χ0n) is 15.1. The van der Waals surface area contributed by atoms with Gasteiger partial charge in [0.1, 0.15) is 0 Å². The van der Waals surface area contributed by atoms with Gasteiger partial charge in [-0.05, 0) is 61.7 Å². The van der Waals surface area contributed by atoms with Crippen LogP contribution >= 0.6 is 0 Å². The number of piperidine rings is 1. The van der Waals surface area contributed by atoms with E-state index in [0.29, 0.717) is 6.04 Å². The van der Waals surface area contributed by atoms with E-state index in [0.717, 1.165) is 18.4 Å². The largest absolute Gasteiger partial charge is 0.313 e. The molecule has 0 amide bonds. The fourth-order valence-electron chi connectivity index (χ4n) is 4.85. The number of likely N-dealkylation sites (tertiary alicyclic amines) is 1. The summed E-state index contributed by atoms with van der Waals surface area (Å²) in [6.45, 7) is 4.80. The second-order valence-electron chi connectivity index (χ2n) is 7.84. The van der Waals surface area contributed by atoms with Crippen LogP contribution < -0.4 is 5.32 Å². The molecule has 132 valence electrons. The molecule has 2 aromatic rings. The fourth-order valence-corrected chi connectivity index (χ4v) is 4.85. The number of rotatable bonds is 5. The van der Waals surface area contributed by atoms with Crippen LogP contribution in [0.1, 0.15) is 30.4 Å². The lowest BCUT2D eigenvalue weighted by Gasteiger charge is -2.38. The van der Waals surface area contributed by atoms with Crippen LogP contribution in [0.4, 0.5) is 0 Å². The van der Waals surface area contributed by atoms with E-state index in [9.17, 15) is 0 Å². The van der Waals surface area contributed by atoms with E-state index >= 15 is 0 Å². The molecule has 0 radical (unpaired) electrons. The average Bonchev–Trinajstić information content (AvgIpc) is 3.12. The predicted octanol–water partition coefficient (Wildman–Crippen LogP) is 4.12. The van der Waals surface area contributed by atoms with Gasteiger partial charge in [-0.2, -0.15) is 0 Å². The summed E-state index contributed by atoms with van der Waals surface area (Å²) in [6.07, 6.45) is 5.28. The molecule has 2 fully saturated rings. The summed E-state index contributed by atoms with van der Waals surface area (Å²) >= 11 is 0. The molecular weight excluding hydrogens is 304 g/mol. The Morgan fingerprint density at radius 3 is 2.36 bits per heavy atom. The first kappa shape index (κ1) is 16.8. The van der Waals surface area contributed by atoms with Crippen LogP contribution in [-0.2, 0) is 13.0 Å². The summed E-state index contributed by atoms with van der Waals surface area (Å²) in [6, 6.07) is 22.7. The molecule has 2 nitrogen and oxygen atoms in total. The average molecular weight is 335 g/mol. The van der Waals surface area contributed by atoms with E-state index in [4.69, 9.17) is 0 Å². The van der Waals surface area contributed by atoms with Crippen molar-refractivity contribution < 1.29 is 0 Å². The first-order valence-electron chi connectivity index (χ1n) is 9.92. The van der Waals surface area contributed by atoms with Gasteiger partial charge in [0, 0.05) is 19.1 Å². The number of hydrogen-bond donors (Lipinski definition) is 1. The maximum absolute atomic E-state index is 3.85. The standard InChI is InChI=1S/C23H30N2/c1-3-8-19(9-4-1)16-21-13-14-24-23(21)22-12-7-15-25(18-22)17-20-10-5-2-6-11-20/h1-6,8-11,21-24H,7,12-18H2. The molecule has 0 aliphatic carbocycles. The van der Waals surface area contributed by atoms with Crippen molar-refractivity contribution in [2.45, 2.75) is 38.3 Å². The van der Waals surface area contributed by atoms with E-state index in [1.807, 2.05) is 0 Å². The summed E-state index contributed by atoms with van der Waals surface area (Å²) in [7, 11) is 0. The molecule has 3 atom stereocenters.